The van der Waals surface area contributed by atoms with E-state index < -0.39 is 0 Å². The fourth-order valence-electron chi connectivity index (χ4n) is 4.60. The fourth-order valence-corrected chi connectivity index (χ4v) is 4.60. The molecule has 4 nitrogen and oxygen atoms in total. The topological polar surface area (TPSA) is 36.4 Å². The van der Waals surface area contributed by atoms with Gasteiger partial charge in [-0.2, -0.15) is 0 Å². The van der Waals surface area contributed by atoms with Crippen molar-refractivity contribution < 1.29 is 4.79 Å². The first-order valence-electron chi connectivity index (χ1n) is 7.79. The zero-order valence-corrected chi connectivity index (χ0v) is 13.5. The second-order valence-electron chi connectivity index (χ2n) is 7.41. The third-order valence-corrected chi connectivity index (χ3v) is 5.23. The van der Waals surface area contributed by atoms with E-state index in [2.05, 4.69) is 48.5 Å². The summed E-state index contributed by atoms with van der Waals surface area (Å²) in [5, 5.41) is 0. The van der Waals surface area contributed by atoms with E-state index in [1.165, 1.54) is 5.69 Å². The van der Waals surface area contributed by atoms with Crippen LogP contribution in [-0.2, 0) is 4.79 Å². The van der Waals surface area contributed by atoms with Gasteiger partial charge in [0.2, 0.25) is 0 Å². The first-order chi connectivity index (χ1) is 9.85. The minimum atomic E-state index is -0.208. The number of nitrogens with zero attached hydrogens (tertiary/aromatic N) is 3. The van der Waals surface area contributed by atoms with Crippen LogP contribution in [0.4, 0.5) is 5.69 Å². The predicted octanol–water partition coefficient (Wildman–Crippen LogP) is 2.21. The Labute approximate surface area is 127 Å². The highest BCUT2D eigenvalue weighted by atomic mass is 16.1. The Hall–Kier alpha value is -1.42. The molecular formula is C17H25N3O. The van der Waals surface area contributed by atoms with Gasteiger partial charge in [0.05, 0.1) is 11.9 Å². The third-order valence-electron chi connectivity index (χ3n) is 5.23. The highest BCUT2D eigenvalue weighted by Gasteiger charge is 2.63. The number of anilines is 1. The van der Waals surface area contributed by atoms with E-state index in [0.717, 1.165) is 26.2 Å². The summed E-state index contributed by atoms with van der Waals surface area (Å²) in [6, 6.07) is 4.45. The van der Waals surface area contributed by atoms with Crippen molar-refractivity contribution in [1.82, 2.24) is 9.88 Å². The largest absolute Gasteiger partial charge is 0.368 e. The number of Topliss-reactive ketones (excluding diaryl/α,β-unsaturated/α-hetero) is 1. The van der Waals surface area contributed by atoms with Crippen LogP contribution in [0.25, 0.3) is 0 Å². The number of carbonyl (C=O) groups excluding carboxylic acids is 1. The van der Waals surface area contributed by atoms with Crippen molar-refractivity contribution in [2.45, 2.75) is 33.7 Å². The van der Waals surface area contributed by atoms with E-state index >= 15 is 0 Å². The molecule has 1 aromatic heterocycles. The van der Waals surface area contributed by atoms with Crippen molar-refractivity contribution in [3.63, 3.8) is 0 Å². The first-order valence-corrected chi connectivity index (χ1v) is 7.79. The predicted molar refractivity (Wildman–Crippen MR) is 84.4 cm³/mol. The molecule has 4 heteroatoms. The number of aromatic nitrogens is 1. The summed E-state index contributed by atoms with van der Waals surface area (Å²) >= 11 is 0. The van der Waals surface area contributed by atoms with Crippen molar-refractivity contribution in [3.05, 3.63) is 24.5 Å². The van der Waals surface area contributed by atoms with E-state index in [9.17, 15) is 4.79 Å². The lowest BCUT2D eigenvalue weighted by atomic mass is 9.50. The number of piperazine rings is 1. The molecule has 1 aliphatic heterocycles. The Balaban J connectivity index is 1.68. The van der Waals surface area contributed by atoms with Gasteiger partial charge < -0.3 is 4.90 Å². The van der Waals surface area contributed by atoms with Gasteiger partial charge in [-0.1, -0.05) is 27.7 Å². The van der Waals surface area contributed by atoms with Gasteiger partial charge in [-0.25, -0.2) is 0 Å². The summed E-state index contributed by atoms with van der Waals surface area (Å²) in [7, 11) is 0. The van der Waals surface area contributed by atoms with Crippen molar-refractivity contribution in [1.29, 1.82) is 0 Å². The second kappa shape index (κ2) is 4.80. The molecule has 0 amide bonds. The highest BCUT2D eigenvalue weighted by Crippen LogP contribution is 2.53. The van der Waals surface area contributed by atoms with Gasteiger partial charge in [0.25, 0.3) is 0 Å². The van der Waals surface area contributed by atoms with Gasteiger partial charge in [-0.15, -0.1) is 0 Å². The quantitative estimate of drug-likeness (QED) is 0.835. The standard InChI is InChI=1S/C17H25N3O/c1-16(2)14(17(3,4)15(16)21)20-10-8-19(9-11-20)13-6-5-7-18-12-13/h5-7,12,14H,8-11H2,1-4H3. The molecule has 1 saturated heterocycles. The minimum absolute atomic E-state index is 0.208. The smallest absolute Gasteiger partial charge is 0.147 e. The zero-order valence-electron chi connectivity index (χ0n) is 13.5. The van der Waals surface area contributed by atoms with Crippen LogP contribution in [0.5, 0.6) is 0 Å². The van der Waals surface area contributed by atoms with Crippen LogP contribution in [0, 0.1) is 10.8 Å². The van der Waals surface area contributed by atoms with Crippen LogP contribution >= 0.6 is 0 Å². The summed E-state index contributed by atoms with van der Waals surface area (Å²) < 4.78 is 0. The average molecular weight is 287 g/mol. The minimum Gasteiger partial charge on any atom is -0.368 e. The van der Waals surface area contributed by atoms with Gasteiger partial charge in [-0.05, 0) is 12.1 Å². The Morgan fingerprint density at radius 3 is 2.24 bits per heavy atom. The normalized spacial score (nSPS) is 25.7. The van der Waals surface area contributed by atoms with E-state index in [0.29, 0.717) is 11.8 Å². The van der Waals surface area contributed by atoms with Gasteiger partial charge >= 0.3 is 0 Å². The van der Waals surface area contributed by atoms with Crippen LogP contribution < -0.4 is 4.90 Å². The van der Waals surface area contributed by atoms with E-state index in [1.807, 2.05) is 18.5 Å². The van der Waals surface area contributed by atoms with Crippen LogP contribution in [0.2, 0.25) is 0 Å². The van der Waals surface area contributed by atoms with Crippen molar-refractivity contribution in [2.75, 3.05) is 31.1 Å². The molecule has 21 heavy (non-hydrogen) atoms. The summed E-state index contributed by atoms with van der Waals surface area (Å²) in [6.45, 7) is 12.4. The fraction of sp³-hybridized carbons (Fsp3) is 0.647. The molecular weight excluding hydrogens is 262 g/mol. The SMILES string of the molecule is CC1(C)C(=O)C(C)(C)C1N1CCN(c2cccnc2)CC1. The molecule has 2 heterocycles. The van der Waals surface area contributed by atoms with Crippen molar-refractivity contribution in [3.8, 4) is 0 Å². The third kappa shape index (κ3) is 2.16. The van der Waals surface area contributed by atoms with Gasteiger partial charge in [0.15, 0.2) is 0 Å². The van der Waals surface area contributed by atoms with Gasteiger partial charge in [0, 0.05) is 49.2 Å². The number of ketones is 1. The molecule has 1 saturated carbocycles. The molecule has 0 radical (unpaired) electrons. The highest BCUT2D eigenvalue weighted by molar-refractivity contribution is 5.97. The zero-order chi connectivity index (χ0) is 15.3. The molecule has 1 aromatic rings. The molecule has 2 fully saturated rings. The lowest BCUT2D eigenvalue weighted by molar-refractivity contribution is -0.170. The molecule has 0 aromatic carbocycles. The monoisotopic (exact) mass is 287 g/mol. The number of rotatable bonds is 2. The Morgan fingerprint density at radius 2 is 1.71 bits per heavy atom. The van der Waals surface area contributed by atoms with Crippen LogP contribution in [0.15, 0.2) is 24.5 Å². The lowest BCUT2D eigenvalue weighted by Crippen LogP contribution is -2.72. The van der Waals surface area contributed by atoms with Crippen LogP contribution in [-0.4, -0.2) is 47.9 Å². The lowest BCUT2D eigenvalue weighted by Gasteiger charge is -2.60. The maximum absolute atomic E-state index is 12.3. The maximum atomic E-state index is 12.3. The molecule has 3 rings (SSSR count). The molecule has 0 atom stereocenters. The molecule has 0 spiro atoms. The summed E-state index contributed by atoms with van der Waals surface area (Å²) in [6.07, 6.45) is 3.74. The van der Waals surface area contributed by atoms with Crippen LogP contribution in [0.1, 0.15) is 27.7 Å². The van der Waals surface area contributed by atoms with Crippen molar-refractivity contribution in [2.24, 2.45) is 10.8 Å². The molecule has 0 N–H and O–H groups in total. The number of hydrogen-bond donors (Lipinski definition) is 0. The summed E-state index contributed by atoms with van der Waals surface area (Å²) in [5.74, 6) is 0.398. The van der Waals surface area contributed by atoms with E-state index in [4.69, 9.17) is 0 Å². The Morgan fingerprint density at radius 1 is 1.10 bits per heavy atom. The number of carbonyl (C=O) groups is 1. The van der Waals surface area contributed by atoms with E-state index in [-0.39, 0.29) is 10.8 Å². The molecule has 1 aliphatic carbocycles. The van der Waals surface area contributed by atoms with Crippen LogP contribution in [0.3, 0.4) is 0 Å². The first kappa shape index (κ1) is 14.5. The van der Waals surface area contributed by atoms with Crippen molar-refractivity contribution >= 4 is 11.5 Å². The second-order valence-corrected chi connectivity index (χ2v) is 7.41. The van der Waals surface area contributed by atoms with Gasteiger partial charge in [0.1, 0.15) is 5.78 Å². The average Bonchev–Trinajstić information content (AvgIpc) is 2.48. The Kier molecular flexibility index (Phi) is 3.32. The van der Waals surface area contributed by atoms with E-state index in [1.54, 1.807) is 0 Å². The maximum Gasteiger partial charge on any atom is 0.147 e. The molecule has 0 bridgehead atoms. The summed E-state index contributed by atoms with van der Waals surface area (Å²) in [4.78, 5) is 21.4. The Bertz CT molecular complexity index is 512. The molecule has 114 valence electrons. The molecule has 0 unspecified atom stereocenters. The van der Waals surface area contributed by atoms with Gasteiger partial charge in [-0.3, -0.25) is 14.7 Å². The number of pyridine rings is 1. The molecule has 2 aliphatic rings. The number of hydrogen-bond acceptors (Lipinski definition) is 4. The summed E-state index contributed by atoms with van der Waals surface area (Å²) in [5.41, 5.74) is 0.778.